The first-order valence-corrected chi connectivity index (χ1v) is 8.33. The van der Waals surface area contributed by atoms with Gasteiger partial charge in [0.05, 0.1) is 10.6 Å². The van der Waals surface area contributed by atoms with Crippen molar-refractivity contribution in [3.63, 3.8) is 0 Å². The summed E-state index contributed by atoms with van der Waals surface area (Å²) in [5.74, 6) is 0.939. The molecule has 0 radical (unpaired) electrons. The van der Waals surface area contributed by atoms with E-state index in [-0.39, 0.29) is 23.2 Å². The zero-order valence-electron chi connectivity index (χ0n) is 11.9. The quantitative estimate of drug-likeness (QED) is 0.810. The monoisotopic (exact) mass is 318 g/mol. The maximum Gasteiger partial charge on any atom is 0.231 e. The van der Waals surface area contributed by atoms with Crippen LogP contribution in [0.25, 0.3) is 0 Å². The Labute approximate surface area is 128 Å². The van der Waals surface area contributed by atoms with E-state index in [2.05, 4.69) is 0 Å². The normalized spacial score (nSPS) is 13.1. The predicted molar refractivity (Wildman–Crippen MR) is 79.9 cm³/mol. The van der Waals surface area contributed by atoms with Gasteiger partial charge >= 0.3 is 0 Å². The highest BCUT2D eigenvalue weighted by Gasteiger charge is 2.19. The van der Waals surface area contributed by atoms with Crippen molar-refractivity contribution in [1.82, 2.24) is 0 Å². The van der Waals surface area contributed by atoms with Crippen molar-refractivity contribution in [3.05, 3.63) is 53.6 Å². The van der Waals surface area contributed by atoms with E-state index < -0.39 is 9.84 Å². The summed E-state index contributed by atoms with van der Waals surface area (Å²) in [6.45, 7) is 1.59. The maximum atomic E-state index is 12.4. The largest absolute Gasteiger partial charge is 0.454 e. The van der Waals surface area contributed by atoms with Crippen LogP contribution in [0, 0.1) is 0 Å². The average molecular weight is 318 g/mol. The van der Waals surface area contributed by atoms with Crippen LogP contribution in [0.4, 0.5) is 0 Å². The summed E-state index contributed by atoms with van der Waals surface area (Å²) in [5, 5.41) is 0. The highest BCUT2D eigenvalue weighted by molar-refractivity contribution is 7.90. The molecule has 3 rings (SSSR count). The minimum absolute atomic E-state index is 0.0975. The first-order valence-electron chi connectivity index (χ1n) is 6.68. The summed E-state index contributed by atoms with van der Waals surface area (Å²) in [5.41, 5.74) is 1.11. The van der Waals surface area contributed by atoms with Crippen molar-refractivity contribution in [2.24, 2.45) is 0 Å². The number of hydrogen-bond donors (Lipinski definition) is 0. The molecule has 0 amide bonds. The van der Waals surface area contributed by atoms with E-state index in [9.17, 15) is 13.2 Å². The fourth-order valence-corrected chi connectivity index (χ4v) is 3.57. The molecule has 2 aromatic rings. The predicted octanol–water partition coefficient (Wildman–Crippen LogP) is 2.59. The molecule has 0 saturated heterocycles. The number of carbonyl (C=O) groups is 1. The third-order valence-electron chi connectivity index (χ3n) is 3.41. The second-order valence-electron chi connectivity index (χ2n) is 5.03. The number of sulfone groups is 1. The van der Waals surface area contributed by atoms with Crippen molar-refractivity contribution in [2.45, 2.75) is 17.6 Å². The fraction of sp³-hybridized carbons (Fsp3) is 0.188. The highest BCUT2D eigenvalue weighted by atomic mass is 32.2. The molecule has 114 valence electrons. The van der Waals surface area contributed by atoms with E-state index in [1.807, 2.05) is 0 Å². The number of ketones is 1. The van der Waals surface area contributed by atoms with Gasteiger partial charge in [-0.1, -0.05) is 18.2 Å². The van der Waals surface area contributed by atoms with Gasteiger partial charge in [0, 0.05) is 5.56 Å². The van der Waals surface area contributed by atoms with Crippen molar-refractivity contribution in [3.8, 4) is 11.5 Å². The molecule has 0 saturated carbocycles. The lowest BCUT2D eigenvalue weighted by Crippen LogP contribution is -2.05. The molecule has 0 unspecified atom stereocenters. The molecule has 6 heteroatoms. The van der Waals surface area contributed by atoms with Gasteiger partial charge in [0.15, 0.2) is 27.1 Å². The van der Waals surface area contributed by atoms with Gasteiger partial charge in [-0.2, -0.15) is 0 Å². The molecule has 2 aromatic carbocycles. The summed E-state index contributed by atoms with van der Waals surface area (Å²) in [6, 6.07) is 11.0. The molecule has 1 aliphatic heterocycles. The topological polar surface area (TPSA) is 69.7 Å². The molecule has 0 atom stereocenters. The second kappa shape index (κ2) is 5.46. The Balaban J connectivity index is 1.85. The highest BCUT2D eigenvalue weighted by Crippen LogP contribution is 2.33. The minimum Gasteiger partial charge on any atom is -0.454 e. The van der Waals surface area contributed by atoms with E-state index in [1.54, 1.807) is 18.2 Å². The van der Waals surface area contributed by atoms with Gasteiger partial charge in [-0.15, -0.1) is 0 Å². The van der Waals surface area contributed by atoms with Gasteiger partial charge in [0.2, 0.25) is 6.79 Å². The SMILES string of the molecule is CC(=O)c1ccc(S(=O)(=O)Cc2ccc3c(c2)OCO3)cc1. The summed E-state index contributed by atoms with van der Waals surface area (Å²) in [7, 11) is -3.48. The van der Waals surface area contributed by atoms with Crippen LogP contribution < -0.4 is 9.47 Å². The minimum atomic E-state index is -3.48. The Kier molecular flexibility index (Phi) is 3.62. The summed E-state index contributed by atoms with van der Waals surface area (Å²) in [4.78, 5) is 11.4. The molecule has 0 aromatic heterocycles. The number of Topliss-reactive ketones (excluding diaryl/α,β-unsaturated/α-hetero) is 1. The van der Waals surface area contributed by atoms with Crippen LogP contribution >= 0.6 is 0 Å². The van der Waals surface area contributed by atoms with E-state index in [0.29, 0.717) is 22.6 Å². The number of carbonyl (C=O) groups excluding carboxylic acids is 1. The van der Waals surface area contributed by atoms with Crippen LogP contribution in [0.15, 0.2) is 47.4 Å². The summed E-state index contributed by atoms with van der Waals surface area (Å²) >= 11 is 0. The van der Waals surface area contributed by atoms with E-state index in [4.69, 9.17) is 9.47 Å². The van der Waals surface area contributed by atoms with Crippen LogP contribution in [-0.2, 0) is 15.6 Å². The fourth-order valence-electron chi connectivity index (χ4n) is 2.23. The lowest BCUT2D eigenvalue weighted by atomic mass is 10.2. The number of hydrogen-bond acceptors (Lipinski definition) is 5. The van der Waals surface area contributed by atoms with Crippen LogP contribution in [0.5, 0.6) is 11.5 Å². The molecule has 0 bridgehead atoms. The third-order valence-corrected chi connectivity index (χ3v) is 5.12. The van der Waals surface area contributed by atoms with Crippen LogP contribution in [0.2, 0.25) is 0 Å². The summed E-state index contributed by atoms with van der Waals surface area (Å²) in [6.07, 6.45) is 0. The number of benzene rings is 2. The average Bonchev–Trinajstić information content (AvgIpc) is 2.94. The van der Waals surface area contributed by atoms with E-state index in [0.717, 1.165) is 0 Å². The number of fused-ring (bicyclic) bond motifs is 1. The van der Waals surface area contributed by atoms with Gasteiger partial charge in [0.25, 0.3) is 0 Å². The van der Waals surface area contributed by atoms with Crippen molar-refractivity contribution < 1.29 is 22.7 Å². The van der Waals surface area contributed by atoms with Gasteiger partial charge in [0.1, 0.15) is 0 Å². The molecule has 0 spiro atoms. The Bertz CT molecular complexity index is 822. The molecular formula is C16H14O5S. The van der Waals surface area contributed by atoms with Crippen molar-refractivity contribution >= 4 is 15.6 Å². The zero-order chi connectivity index (χ0) is 15.7. The number of rotatable bonds is 4. The van der Waals surface area contributed by atoms with Gasteiger partial charge < -0.3 is 9.47 Å². The molecule has 0 fully saturated rings. The molecule has 0 N–H and O–H groups in total. The molecule has 22 heavy (non-hydrogen) atoms. The van der Waals surface area contributed by atoms with Crippen LogP contribution in [0.3, 0.4) is 0 Å². The smallest absolute Gasteiger partial charge is 0.231 e. The molecule has 1 aliphatic rings. The molecule has 5 nitrogen and oxygen atoms in total. The van der Waals surface area contributed by atoms with Crippen LogP contribution in [-0.4, -0.2) is 21.0 Å². The number of ether oxygens (including phenoxy) is 2. The second-order valence-corrected chi connectivity index (χ2v) is 7.02. The standard InChI is InChI=1S/C16H14O5S/c1-11(17)13-3-5-14(6-4-13)22(18,19)9-12-2-7-15-16(8-12)21-10-20-15/h2-8H,9-10H2,1H3. The zero-order valence-corrected chi connectivity index (χ0v) is 12.7. The lowest BCUT2D eigenvalue weighted by Gasteiger charge is -2.06. The Morgan fingerprint density at radius 1 is 1.05 bits per heavy atom. The first kappa shape index (κ1) is 14.6. The van der Waals surface area contributed by atoms with Crippen molar-refractivity contribution in [2.75, 3.05) is 6.79 Å². The molecule has 1 heterocycles. The first-order chi connectivity index (χ1) is 10.5. The summed E-state index contributed by atoms with van der Waals surface area (Å²) < 4.78 is 35.3. The Morgan fingerprint density at radius 3 is 2.41 bits per heavy atom. The Hall–Kier alpha value is -2.34. The van der Waals surface area contributed by atoms with Gasteiger partial charge in [-0.3, -0.25) is 4.79 Å². The third kappa shape index (κ3) is 2.82. The Morgan fingerprint density at radius 2 is 1.73 bits per heavy atom. The van der Waals surface area contributed by atoms with E-state index in [1.165, 1.54) is 31.2 Å². The molecule has 0 aliphatic carbocycles. The lowest BCUT2D eigenvalue weighted by molar-refractivity contribution is 0.101. The van der Waals surface area contributed by atoms with Crippen LogP contribution in [0.1, 0.15) is 22.8 Å². The van der Waals surface area contributed by atoms with Gasteiger partial charge in [-0.25, -0.2) is 8.42 Å². The van der Waals surface area contributed by atoms with Crippen molar-refractivity contribution in [1.29, 1.82) is 0 Å². The molecular weight excluding hydrogens is 304 g/mol. The van der Waals surface area contributed by atoms with Gasteiger partial charge in [-0.05, 0) is 36.8 Å². The van der Waals surface area contributed by atoms with E-state index >= 15 is 0 Å². The maximum absolute atomic E-state index is 12.4.